The maximum Gasteiger partial charge on any atom is 0.273 e. The number of benzene rings is 1. The number of non-ortho nitro benzene ring substituents is 1. The van der Waals surface area contributed by atoms with Crippen molar-refractivity contribution in [3.63, 3.8) is 0 Å². The number of ether oxygens (including phenoxy) is 1. The predicted molar refractivity (Wildman–Crippen MR) is 76.9 cm³/mol. The normalized spacial score (nSPS) is 23.0. The van der Waals surface area contributed by atoms with E-state index in [0.29, 0.717) is 16.5 Å². The minimum atomic E-state index is -0.374. The lowest BCUT2D eigenvalue weighted by Crippen LogP contribution is -2.14. The Morgan fingerprint density at radius 1 is 1.50 bits per heavy atom. The topological polar surface area (TPSA) is 52.4 Å². The first kappa shape index (κ1) is 13.7. The lowest BCUT2D eigenvalue weighted by molar-refractivity contribution is -0.385. The minimum absolute atomic E-state index is 0.0983. The van der Waals surface area contributed by atoms with Gasteiger partial charge in [-0.15, -0.1) is 0 Å². The molecule has 1 aliphatic rings. The molecule has 98 valence electrons. The molecule has 6 heteroatoms. The van der Waals surface area contributed by atoms with Gasteiger partial charge in [-0.2, -0.15) is 11.8 Å². The molecular weight excluding hydrogens is 318 g/mol. The van der Waals surface area contributed by atoms with Gasteiger partial charge in [0.2, 0.25) is 0 Å². The van der Waals surface area contributed by atoms with Crippen molar-refractivity contribution in [1.29, 1.82) is 0 Å². The highest BCUT2D eigenvalue weighted by Gasteiger charge is 2.26. The molecule has 18 heavy (non-hydrogen) atoms. The van der Waals surface area contributed by atoms with E-state index in [1.165, 1.54) is 13.2 Å². The monoisotopic (exact) mass is 331 g/mol. The molecule has 2 rings (SSSR count). The molecule has 1 aromatic rings. The Balaban J connectivity index is 2.21. The molecule has 0 N–H and O–H groups in total. The molecule has 4 nitrogen and oxygen atoms in total. The first-order valence-electron chi connectivity index (χ1n) is 5.64. The fraction of sp³-hybridized carbons (Fsp3) is 0.500. The first-order valence-corrected chi connectivity index (χ1v) is 7.71. The van der Waals surface area contributed by atoms with E-state index in [1.807, 2.05) is 17.8 Å². The summed E-state index contributed by atoms with van der Waals surface area (Å²) in [6.07, 6.45) is 0.848. The molecule has 0 radical (unpaired) electrons. The van der Waals surface area contributed by atoms with Crippen LogP contribution >= 0.6 is 27.7 Å². The number of halogens is 1. The number of hydrogen-bond acceptors (Lipinski definition) is 4. The highest BCUT2D eigenvalue weighted by molar-refractivity contribution is 9.09. The Hall–Kier alpha value is -0.750. The summed E-state index contributed by atoms with van der Waals surface area (Å²) in [5.41, 5.74) is 1.07. The molecular formula is C12H14BrNO3S. The number of nitrogens with zero attached hydrogens (tertiary/aromatic N) is 1. The average molecular weight is 332 g/mol. The molecule has 0 aliphatic carbocycles. The summed E-state index contributed by atoms with van der Waals surface area (Å²) in [4.78, 5) is 11.0. The highest BCUT2D eigenvalue weighted by Crippen LogP contribution is 2.33. The third-order valence-corrected chi connectivity index (χ3v) is 5.77. The summed E-state index contributed by atoms with van der Waals surface area (Å²) < 4.78 is 5.12. The predicted octanol–water partition coefficient (Wildman–Crippen LogP) is 3.27. The van der Waals surface area contributed by atoms with E-state index in [-0.39, 0.29) is 10.6 Å². The zero-order valence-electron chi connectivity index (χ0n) is 9.97. The molecule has 0 bridgehead atoms. The molecule has 0 amide bonds. The fourth-order valence-corrected chi connectivity index (χ4v) is 4.51. The molecule has 2 atom stereocenters. The second-order valence-corrected chi connectivity index (χ2v) is 6.57. The van der Waals surface area contributed by atoms with Gasteiger partial charge in [0.25, 0.3) is 5.69 Å². The summed E-state index contributed by atoms with van der Waals surface area (Å²) >= 11 is 5.58. The van der Waals surface area contributed by atoms with Crippen molar-refractivity contribution in [2.75, 3.05) is 18.6 Å². The largest absolute Gasteiger partial charge is 0.496 e. The number of alkyl halides is 1. The smallest absolute Gasteiger partial charge is 0.273 e. The maximum absolute atomic E-state index is 10.9. The zero-order chi connectivity index (χ0) is 13.1. The lowest BCUT2D eigenvalue weighted by Gasteiger charge is -2.13. The van der Waals surface area contributed by atoms with Crippen LogP contribution in [-0.2, 0) is 6.42 Å². The van der Waals surface area contributed by atoms with Gasteiger partial charge >= 0.3 is 0 Å². The van der Waals surface area contributed by atoms with Crippen LogP contribution in [0.1, 0.15) is 5.56 Å². The van der Waals surface area contributed by atoms with Crippen LogP contribution in [-0.4, -0.2) is 28.4 Å². The number of rotatable bonds is 4. The summed E-state index contributed by atoms with van der Waals surface area (Å²) in [6, 6.07) is 4.99. The van der Waals surface area contributed by atoms with Crippen molar-refractivity contribution in [1.82, 2.24) is 0 Å². The van der Waals surface area contributed by atoms with Gasteiger partial charge in [-0.25, -0.2) is 0 Å². The van der Waals surface area contributed by atoms with Crippen LogP contribution in [0.5, 0.6) is 5.75 Å². The number of methoxy groups -OCH3 is 1. The molecule has 1 aliphatic heterocycles. The van der Waals surface area contributed by atoms with Gasteiger partial charge in [0.15, 0.2) is 0 Å². The SMILES string of the molecule is COc1cc(CC2CSCC2Br)cc([N+](=O)[O-])c1. The first-order chi connectivity index (χ1) is 8.60. The van der Waals surface area contributed by atoms with Crippen LogP contribution in [0.4, 0.5) is 5.69 Å². The summed E-state index contributed by atoms with van der Waals surface area (Å²) in [6.45, 7) is 0. The second kappa shape index (κ2) is 5.93. The fourth-order valence-electron chi connectivity index (χ4n) is 2.05. The number of nitro benzene ring substituents is 1. The van der Waals surface area contributed by atoms with Gasteiger partial charge < -0.3 is 4.74 Å². The van der Waals surface area contributed by atoms with Crippen molar-refractivity contribution < 1.29 is 9.66 Å². The summed E-state index contributed by atoms with van der Waals surface area (Å²) in [5, 5.41) is 10.9. The van der Waals surface area contributed by atoms with E-state index in [2.05, 4.69) is 15.9 Å². The molecule has 2 unspecified atom stereocenters. The highest BCUT2D eigenvalue weighted by atomic mass is 79.9. The molecule has 1 aromatic carbocycles. The number of nitro groups is 1. The van der Waals surface area contributed by atoms with Crippen LogP contribution < -0.4 is 4.74 Å². The molecule has 0 saturated carbocycles. The van der Waals surface area contributed by atoms with E-state index < -0.39 is 0 Å². The third-order valence-electron chi connectivity index (χ3n) is 3.02. The quantitative estimate of drug-likeness (QED) is 0.482. The van der Waals surface area contributed by atoms with Crippen molar-refractivity contribution in [3.05, 3.63) is 33.9 Å². The van der Waals surface area contributed by atoms with Gasteiger partial charge in [0.05, 0.1) is 18.1 Å². The van der Waals surface area contributed by atoms with Crippen LogP contribution in [0, 0.1) is 16.0 Å². The van der Waals surface area contributed by atoms with E-state index >= 15 is 0 Å². The van der Waals surface area contributed by atoms with Crippen molar-refractivity contribution in [2.45, 2.75) is 11.2 Å². The van der Waals surface area contributed by atoms with Crippen LogP contribution in [0.2, 0.25) is 0 Å². The van der Waals surface area contributed by atoms with Gasteiger partial charge in [0.1, 0.15) is 5.75 Å². The Kier molecular flexibility index (Phi) is 4.50. The van der Waals surface area contributed by atoms with Gasteiger partial charge in [-0.1, -0.05) is 15.9 Å². The van der Waals surface area contributed by atoms with Crippen LogP contribution in [0.3, 0.4) is 0 Å². The van der Waals surface area contributed by atoms with Crippen molar-refractivity contribution in [3.8, 4) is 5.75 Å². The lowest BCUT2D eigenvalue weighted by atomic mass is 9.98. The van der Waals surface area contributed by atoms with Gasteiger partial charge in [-0.05, 0) is 29.7 Å². The van der Waals surface area contributed by atoms with Gasteiger partial charge in [0, 0.05) is 16.6 Å². The molecule has 0 spiro atoms. The summed E-state index contributed by atoms with van der Waals surface area (Å²) in [7, 11) is 1.53. The molecule has 1 saturated heterocycles. The zero-order valence-corrected chi connectivity index (χ0v) is 12.4. The Morgan fingerprint density at radius 3 is 2.83 bits per heavy atom. The summed E-state index contributed by atoms with van der Waals surface area (Å²) in [5.74, 6) is 3.29. The Morgan fingerprint density at radius 2 is 2.28 bits per heavy atom. The molecule has 0 aromatic heterocycles. The van der Waals surface area contributed by atoms with Crippen LogP contribution in [0.15, 0.2) is 18.2 Å². The average Bonchev–Trinajstić information content (AvgIpc) is 2.74. The van der Waals surface area contributed by atoms with E-state index in [9.17, 15) is 10.1 Å². The maximum atomic E-state index is 10.9. The second-order valence-electron chi connectivity index (χ2n) is 4.31. The number of hydrogen-bond donors (Lipinski definition) is 0. The van der Waals surface area contributed by atoms with Crippen molar-refractivity contribution >= 4 is 33.4 Å². The number of thioether (sulfide) groups is 1. The Bertz CT molecular complexity index is 455. The van der Waals surface area contributed by atoms with E-state index in [0.717, 1.165) is 23.5 Å². The third kappa shape index (κ3) is 3.17. The van der Waals surface area contributed by atoms with Crippen molar-refractivity contribution in [2.24, 2.45) is 5.92 Å². The molecule has 1 heterocycles. The van der Waals surface area contributed by atoms with E-state index in [4.69, 9.17) is 4.74 Å². The molecule has 1 fully saturated rings. The minimum Gasteiger partial charge on any atom is -0.496 e. The van der Waals surface area contributed by atoms with Crippen LogP contribution in [0.25, 0.3) is 0 Å². The van der Waals surface area contributed by atoms with E-state index in [1.54, 1.807) is 6.07 Å². The Labute approximate surface area is 118 Å². The van der Waals surface area contributed by atoms with Gasteiger partial charge in [-0.3, -0.25) is 10.1 Å². The standard InChI is InChI=1S/C12H14BrNO3S/c1-17-11-4-8(3-10(5-11)14(15)16)2-9-6-18-7-12(9)13/h3-5,9,12H,2,6-7H2,1H3.